The highest BCUT2D eigenvalue weighted by Gasteiger charge is 2.20. The Morgan fingerprint density at radius 3 is 2.84 bits per heavy atom. The molecule has 2 aromatic rings. The normalized spacial score (nSPS) is 12.4. The molecule has 19 heavy (non-hydrogen) atoms. The van der Waals surface area contributed by atoms with Gasteiger partial charge in [0.25, 0.3) is 0 Å². The number of esters is 1. The molecule has 7 heteroatoms. The van der Waals surface area contributed by atoms with E-state index in [-0.39, 0.29) is 11.2 Å². The molecular weight excluding hydrogens is 266 g/mol. The summed E-state index contributed by atoms with van der Waals surface area (Å²) in [6.07, 6.45) is 1.61. The van der Waals surface area contributed by atoms with Crippen molar-refractivity contribution < 1.29 is 13.9 Å². The largest absolute Gasteiger partial charge is 0.469 e. The summed E-state index contributed by atoms with van der Waals surface area (Å²) in [6, 6.07) is 1.84. The van der Waals surface area contributed by atoms with Gasteiger partial charge in [-0.2, -0.15) is 0 Å². The Labute approximate surface area is 115 Å². The first-order chi connectivity index (χ1) is 9.04. The molecule has 1 atom stereocenters. The highest BCUT2D eigenvalue weighted by Crippen LogP contribution is 2.27. The summed E-state index contributed by atoms with van der Waals surface area (Å²) >= 11 is 1.31. The number of carbonyl (C=O) groups is 1. The number of carbonyl (C=O) groups excluding carboxylic acids is 1. The predicted octanol–water partition coefficient (Wildman–Crippen LogP) is 2.04. The van der Waals surface area contributed by atoms with Crippen molar-refractivity contribution in [2.24, 2.45) is 7.05 Å². The number of hydrogen-bond donors (Lipinski definition) is 0. The fourth-order valence-corrected chi connectivity index (χ4v) is 2.48. The minimum Gasteiger partial charge on any atom is -0.469 e. The summed E-state index contributed by atoms with van der Waals surface area (Å²) in [6.45, 7) is 3.64. The van der Waals surface area contributed by atoms with E-state index in [0.717, 1.165) is 11.3 Å². The molecule has 0 spiro atoms. The summed E-state index contributed by atoms with van der Waals surface area (Å²) in [5, 5.41) is 8.57. The van der Waals surface area contributed by atoms with Crippen LogP contribution in [0.15, 0.2) is 21.9 Å². The number of aromatic nitrogens is 3. The fourth-order valence-electron chi connectivity index (χ4n) is 1.64. The second-order valence-corrected chi connectivity index (χ2v) is 5.35. The van der Waals surface area contributed by atoms with Crippen LogP contribution in [0.4, 0.5) is 0 Å². The fraction of sp³-hybridized carbons (Fsp3) is 0.417. The lowest BCUT2D eigenvalue weighted by atomic mass is 10.2. The molecule has 2 aromatic heterocycles. The molecule has 0 aliphatic carbocycles. The summed E-state index contributed by atoms with van der Waals surface area (Å²) in [5.74, 6) is 1.22. The highest BCUT2D eigenvalue weighted by atomic mass is 32.2. The molecule has 0 N–H and O–H groups in total. The van der Waals surface area contributed by atoms with E-state index in [1.807, 2.05) is 24.6 Å². The topological polar surface area (TPSA) is 70.2 Å². The maximum atomic E-state index is 11.4. The maximum absolute atomic E-state index is 11.4. The van der Waals surface area contributed by atoms with Gasteiger partial charge in [-0.3, -0.25) is 4.79 Å². The first-order valence-electron chi connectivity index (χ1n) is 5.73. The number of furan rings is 1. The van der Waals surface area contributed by atoms with Crippen LogP contribution in [0.5, 0.6) is 0 Å². The van der Waals surface area contributed by atoms with E-state index in [0.29, 0.717) is 11.0 Å². The van der Waals surface area contributed by atoms with Crippen molar-refractivity contribution >= 4 is 17.7 Å². The minimum atomic E-state index is -0.328. The van der Waals surface area contributed by atoms with Crippen LogP contribution < -0.4 is 0 Å². The Balaban J connectivity index is 2.24. The third-order valence-electron chi connectivity index (χ3n) is 2.75. The molecule has 0 saturated carbocycles. The molecule has 0 aliphatic rings. The Bertz CT molecular complexity index is 591. The number of thioether (sulfide) groups is 1. The second-order valence-electron chi connectivity index (χ2n) is 4.04. The monoisotopic (exact) mass is 281 g/mol. The van der Waals surface area contributed by atoms with E-state index in [4.69, 9.17) is 9.15 Å². The van der Waals surface area contributed by atoms with Crippen LogP contribution in [0.1, 0.15) is 12.7 Å². The number of nitrogens with zero attached hydrogens (tertiary/aromatic N) is 3. The van der Waals surface area contributed by atoms with Crippen molar-refractivity contribution in [1.29, 1.82) is 0 Å². The third-order valence-corrected chi connectivity index (χ3v) is 3.86. The zero-order valence-corrected chi connectivity index (χ0v) is 12.0. The van der Waals surface area contributed by atoms with Crippen LogP contribution in [0.25, 0.3) is 11.4 Å². The molecule has 0 unspecified atom stereocenters. The highest BCUT2D eigenvalue weighted by molar-refractivity contribution is 8.00. The predicted molar refractivity (Wildman–Crippen MR) is 70.8 cm³/mol. The lowest BCUT2D eigenvalue weighted by Gasteiger charge is -2.08. The molecule has 0 aromatic carbocycles. The van der Waals surface area contributed by atoms with E-state index < -0.39 is 0 Å². The molecule has 0 radical (unpaired) electrons. The second kappa shape index (κ2) is 5.48. The van der Waals surface area contributed by atoms with E-state index in [9.17, 15) is 4.79 Å². The molecule has 0 amide bonds. The SMILES string of the molecule is COC(=O)[C@H](C)Sc1nnc(-c2ccoc2C)n1C. The first kappa shape index (κ1) is 13.7. The van der Waals surface area contributed by atoms with Crippen LogP contribution in [-0.4, -0.2) is 33.1 Å². The first-order valence-corrected chi connectivity index (χ1v) is 6.61. The quantitative estimate of drug-likeness (QED) is 0.631. The number of aryl methyl sites for hydroxylation is 1. The zero-order chi connectivity index (χ0) is 14.0. The van der Waals surface area contributed by atoms with E-state index in [2.05, 4.69) is 10.2 Å². The average Bonchev–Trinajstić information content (AvgIpc) is 2.96. The summed E-state index contributed by atoms with van der Waals surface area (Å²) < 4.78 is 11.8. The average molecular weight is 281 g/mol. The van der Waals surface area contributed by atoms with Gasteiger partial charge < -0.3 is 13.7 Å². The molecule has 0 bridgehead atoms. The zero-order valence-electron chi connectivity index (χ0n) is 11.2. The van der Waals surface area contributed by atoms with Gasteiger partial charge in [0, 0.05) is 7.05 Å². The van der Waals surface area contributed by atoms with Crippen molar-refractivity contribution in [2.45, 2.75) is 24.3 Å². The number of hydrogen-bond acceptors (Lipinski definition) is 6. The summed E-state index contributed by atoms with van der Waals surface area (Å²) in [5.41, 5.74) is 0.896. The third kappa shape index (κ3) is 2.65. The lowest BCUT2D eigenvalue weighted by molar-refractivity contribution is -0.139. The summed E-state index contributed by atoms with van der Waals surface area (Å²) in [4.78, 5) is 11.4. The smallest absolute Gasteiger partial charge is 0.318 e. The van der Waals surface area contributed by atoms with Crippen LogP contribution in [0.3, 0.4) is 0 Å². The molecule has 0 fully saturated rings. The van der Waals surface area contributed by atoms with Gasteiger partial charge in [0.15, 0.2) is 11.0 Å². The Kier molecular flexibility index (Phi) is 3.94. The van der Waals surface area contributed by atoms with Crippen molar-refractivity contribution in [2.75, 3.05) is 7.11 Å². The number of ether oxygens (including phenoxy) is 1. The standard InChI is InChI=1S/C12H15N3O3S/c1-7-9(5-6-18-7)10-13-14-12(15(10)3)19-8(2)11(16)17-4/h5-6,8H,1-4H3/t8-/m0/s1. The van der Waals surface area contributed by atoms with Gasteiger partial charge in [0.2, 0.25) is 0 Å². The van der Waals surface area contributed by atoms with Crippen molar-refractivity contribution in [3.05, 3.63) is 18.1 Å². The number of rotatable bonds is 4. The Morgan fingerprint density at radius 1 is 1.53 bits per heavy atom. The molecular formula is C12H15N3O3S. The van der Waals surface area contributed by atoms with Gasteiger partial charge in [-0.15, -0.1) is 10.2 Å². The molecule has 2 rings (SSSR count). The van der Waals surface area contributed by atoms with Gasteiger partial charge >= 0.3 is 5.97 Å². The number of methoxy groups -OCH3 is 1. The van der Waals surface area contributed by atoms with E-state index in [1.165, 1.54) is 18.9 Å². The van der Waals surface area contributed by atoms with E-state index >= 15 is 0 Å². The molecule has 2 heterocycles. The van der Waals surface area contributed by atoms with Crippen LogP contribution >= 0.6 is 11.8 Å². The van der Waals surface area contributed by atoms with Gasteiger partial charge in [-0.25, -0.2) is 0 Å². The van der Waals surface area contributed by atoms with Gasteiger partial charge in [-0.05, 0) is 19.9 Å². The molecule has 6 nitrogen and oxygen atoms in total. The minimum absolute atomic E-state index is 0.283. The van der Waals surface area contributed by atoms with Crippen LogP contribution in [-0.2, 0) is 16.6 Å². The van der Waals surface area contributed by atoms with Crippen LogP contribution in [0, 0.1) is 6.92 Å². The summed E-state index contributed by atoms with van der Waals surface area (Å²) in [7, 11) is 3.23. The Hall–Kier alpha value is -1.76. The van der Waals surface area contributed by atoms with Crippen LogP contribution in [0.2, 0.25) is 0 Å². The Morgan fingerprint density at radius 2 is 2.26 bits per heavy atom. The lowest BCUT2D eigenvalue weighted by Crippen LogP contribution is -2.15. The van der Waals surface area contributed by atoms with Gasteiger partial charge in [-0.1, -0.05) is 11.8 Å². The van der Waals surface area contributed by atoms with Crippen molar-refractivity contribution in [3.63, 3.8) is 0 Å². The molecule has 102 valence electrons. The van der Waals surface area contributed by atoms with Crippen molar-refractivity contribution in [1.82, 2.24) is 14.8 Å². The molecule has 0 aliphatic heterocycles. The van der Waals surface area contributed by atoms with Gasteiger partial charge in [0.05, 0.1) is 18.9 Å². The van der Waals surface area contributed by atoms with Gasteiger partial charge in [0.1, 0.15) is 11.0 Å². The van der Waals surface area contributed by atoms with Crippen molar-refractivity contribution in [3.8, 4) is 11.4 Å². The molecule has 0 saturated heterocycles. The maximum Gasteiger partial charge on any atom is 0.318 e. The van der Waals surface area contributed by atoms with E-state index in [1.54, 1.807) is 13.2 Å².